The minimum atomic E-state index is 0.181. The van der Waals surface area contributed by atoms with Crippen LogP contribution in [0.1, 0.15) is 40.0 Å². The second-order valence-electron chi connectivity index (χ2n) is 4.97. The molecule has 0 spiro atoms. The Morgan fingerprint density at radius 2 is 2.14 bits per heavy atom. The van der Waals surface area contributed by atoms with Gasteiger partial charge >= 0.3 is 0 Å². The highest BCUT2D eigenvalue weighted by Crippen LogP contribution is 2.30. The minimum Gasteiger partial charge on any atom is -0.488 e. The van der Waals surface area contributed by atoms with Crippen LogP contribution in [0.5, 0.6) is 5.75 Å². The number of ketones is 1. The molecule has 104 valence electrons. The van der Waals surface area contributed by atoms with Gasteiger partial charge in [-0.25, -0.2) is 4.98 Å². The van der Waals surface area contributed by atoms with Crippen molar-refractivity contribution in [3.8, 4) is 11.8 Å². The van der Waals surface area contributed by atoms with Gasteiger partial charge in [-0.15, -0.1) is 0 Å². The van der Waals surface area contributed by atoms with Crippen LogP contribution in [0.4, 0.5) is 0 Å². The molecule has 0 saturated carbocycles. The van der Waals surface area contributed by atoms with Crippen molar-refractivity contribution in [1.29, 1.82) is 5.26 Å². The largest absolute Gasteiger partial charge is 0.488 e. The third-order valence-corrected chi connectivity index (χ3v) is 3.64. The lowest BCUT2D eigenvalue weighted by Crippen LogP contribution is -2.12. The van der Waals surface area contributed by atoms with Gasteiger partial charge in [-0.05, 0) is 25.0 Å². The topological polar surface area (TPSA) is 63.0 Å². The van der Waals surface area contributed by atoms with E-state index in [0.717, 1.165) is 35.3 Å². The summed E-state index contributed by atoms with van der Waals surface area (Å²) in [7, 11) is 0. The van der Waals surface area contributed by atoms with Crippen LogP contribution in [0.3, 0.4) is 0 Å². The summed E-state index contributed by atoms with van der Waals surface area (Å²) < 4.78 is 5.84. The molecule has 0 bridgehead atoms. The van der Waals surface area contributed by atoms with Gasteiger partial charge in [0.25, 0.3) is 0 Å². The number of ether oxygens (including phenoxy) is 1. The maximum Gasteiger partial charge on any atom is 0.163 e. The van der Waals surface area contributed by atoms with Crippen molar-refractivity contribution >= 4 is 5.78 Å². The number of nitriles is 1. The summed E-state index contributed by atoms with van der Waals surface area (Å²) in [6, 6.07) is 11.2. The highest BCUT2D eigenvalue weighted by atomic mass is 16.5. The average Bonchev–Trinajstić information content (AvgIpc) is 2.53. The van der Waals surface area contributed by atoms with E-state index in [1.807, 2.05) is 24.3 Å². The Bertz CT molecular complexity index is 732. The summed E-state index contributed by atoms with van der Waals surface area (Å²) in [6.45, 7) is 0.279. The number of carbonyl (C=O) groups excluding carboxylic acids is 1. The molecule has 1 heterocycles. The predicted octanol–water partition coefficient (Wildman–Crippen LogP) is 3.05. The van der Waals surface area contributed by atoms with Crippen LogP contribution in [-0.2, 0) is 13.0 Å². The van der Waals surface area contributed by atoms with Crippen LogP contribution >= 0.6 is 0 Å². The zero-order valence-electron chi connectivity index (χ0n) is 11.5. The molecule has 0 fully saturated rings. The van der Waals surface area contributed by atoms with Crippen LogP contribution in [0.25, 0.3) is 0 Å². The fourth-order valence-electron chi connectivity index (χ4n) is 2.59. The maximum atomic E-state index is 11.9. The molecule has 3 rings (SSSR count). The first-order valence-electron chi connectivity index (χ1n) is 6.91. The third-order valence-electron chi connectivity index (χ3n) is 3.64. The molecule has 0 N–H and O–H groups in total. The Labute approximate surface area is 123 Å². The quantitative estimate of drug-likeness (QED) is 0.865. The normalized spacial score (nSPS) is 13.4. The summed E-state index contributed by atoms with van der Waals surface area (Å²) >= 11 is 0. The first kappa shape index (κ1) is 13.3. The van der Waals surface area contributed by atoms with E-state index < -0.39 is 0 Å². The second-order valence-corrected chi connectivity index (χ2v) is 4.97. The molecule has 1 aromatic carbocycles. The van der Waals surface area contributed by atoms with E-state index in [9.17, 15) is 4.79 Å². The Kier molecular flexibility index (Phi) is 3.65. The van der Waals surface area contributed by atoms with Crippen LogP contribution < -0.4 is 4.74 Å². The molecule has 1 aliphatic carbocycles. The van der Waals surface area contributed by atoms with E-state index in [-0.39, 0.29) is 12.4 Å². The number of hydrogen-bond donors (Lipinski definition) is 0. The fourth-order valence-corrected chi connectivity index (χ4v) is 2.59. The number of carbonyl (C=O) groups is 1. The third kappa shape index (κ3) is 2.63. The zero-order chi connectivity index (χ0) is 14.7. The molecular weight excluding hydrogens is 264 g/mol. The number of pyridine rings is 1. The van der Waals surface area contributed by atoms with Gasteiger partial charge < -0.3 is 4.74 Å². The van der Waals surface area contributed by atoms with E-state index in [2.05, 4.69) is 11.1 Å². The molecule has 0 unspecified atom stereocenters. The van der Waals surface area contributed by atoms with Crippen LogP contribution in [0.15, 0.2) is 36.5 Å². The molecule has 0 aliphatic heterocycles. The van der Waals surface area contributed by atoms with E-state index in [1.165, 1.54) is 0 Å². The van der Waals surface area contributed by atoms with E-state index in [1.54, 1.807) is 12.3 Å². The average molecular weight is 278 g/mol. The molecule has 2 aromatic rings. The lowest BCUT2D eigenvalue weighted by molar-refractivity contribution is 0.0971. The molecule has 21 heavy (non-hydrogen) atoms. The summed E-state index contributed by atoms with van der Waals surface area (Å²) in [6.07, 6.45) is 3.92. The second kappa shape index (κ2) is 5.76. The van der Waals surface area contributed by atoms with Gasteiger partial charge in [0, 0.05) is 29.3 Å². The smallest absolute Gasteiger partial charge is 0.163 e. The lowest BCUT2D eigenvalue weighted by Gasteiger charge is -2.18. The van der Waals surface area contributed by atoms with Crippen LogP contribution in [0, 0.1) is 11.3 Å². The van der Waals surface area contributed by atoms with Gasteiger partial charge in [-0.3, -0.25) is 4.79 Å². The van der Waals surface area contributed by atoms with E-state index >= 15 is 0 Å². The fraction of sp³-hybridized carbons (Fsp3) is 0.235. The highest BCUT2D eigenvalue weighted by Gasteiger charge is 2.20. The number of hydrogen-bond acceptors (Lipinski definition) is 4. The van der Waals surface area contributed by atoms with Crippen molar-refractivity contribution in [3.05, 3.63) is 58.9 Å². The standard InChI is InChI=1S/C17H14N2O2/c18-10-15-12(4-3-9-19-15)11-21-17-8-2-5-13-14(17)6-1-7-16(13)20/h2-5,8-9H,1,6-7,11H2. The SMILES string of the molecule is N#Cc1ncccc1COc1cccc2c1CCCC2=O. The predicted molar refractivity (Wildman–Crippen MR) is 77.0 cm³/mol. The molecule has 0 radical (unpaired) electrons. The number of benzene rings is 1. The minimum absolute atomic E-state index is 0.181. The summed E-state index contributed by atoms with van der Waals surface area (Å²) in [5.41, 5.74) is 2.87. The van der Waals surface area contributed by atoms with Crippen molar-refractivity contribution in [3.63, 3.8) is 0 Å². The molecule has 0 atom stereocenters. The molecular formula is C17H14N2O2. The van der Waals surface area contributed by atoms with Gasteiger partial charge in [0.1, 0.15) is 24.1 Å². The van der Waals surface area contributed by atoms with Crippen molar-refractivity contribution in [1.82, 2.24) is 4.98 Å². The van der Waals surface area contributed by atoms with Crippen molar-refractivity contribution in [2.45, 2.75) is 25.9 Å². The van der Waals surface area contributed by atoms with E-state index in [0.29, 0.717) is 12.1 Å². The Morgan fingerprint density at radius 1 is 1.24 bits per heavy atom. The van der Waals surface area contributed by atoms with Gasteiger partial charge in [-0.2, -0.15) is 5.26 Å². The number of Topliss-reactive ketones (excluding diaryl/α,β-unsaturated/α-hetero) is 1. The van der Waals surface area contributed by atoms with E-state index in [4.69, 9.17) is 10.00 Å². The van der Waals surface area contributed by atoms with Gasteiger partial charge in [-0.1, -0.05) is 18.2 Å². The van der Waals surface area contributed by atoms with Gasteiger partial charge in [0.2, 0.25) is 0 Å². The highest BCUT2D eigenvalue weighted by molar-refractivity contribution is 5.99. The number of nitrogens with zero attached hydrogens (tertiary/aromatic N) is 2. The van der Waals surface area contributed by atoms with Gasteiger partial charge in [0.05, 0.1) is 0 Å². The van der Waals surface area contributed by atoms with Crippen LogP contribution in [-0.4, -0.2) is 10.8 Å². The van der Waals surface area contributed by atoms with Crippen molar-refractivity contribution in [2.24, 2.45) is 0 Å². The first-order chi connectivity index (χ1) is 10.3. The van der Waals surface area contributed by atoms with Crippen molar-refractivity contribution in [2.75, 3.05) is 0 Å². The van der Waals surface area contributed by atoms with Crippen molar-refractivity contribution < 1.29 is 9.53 Å². The summed E-state index contributed by atoms with van der Waals surface area (Å²) in [5.74, 6) is 0.911. The summed E-state index contributed by atoms with van der Waals surface area (Å²) in [5, 5.41) is 9.03. The molecule has 4 nitrogen and oxygen atoms in total. The zero-order valence-corrected chi connectivity index (χ0v) is 11.5. The monoisotopic (exact) mass is 278 g/mol. The lowest BCUT2D eigenvalue weighted by atomic mass is 9.90. The molecule has 4 heteroatoms. The number of aromatic nitrogens is 1. The number of rotatable bonds is 3. The molecule has 0 saturated heterocycles. The Morgan fingerprint density at radius 3 is 3.00 bits per heavy atom. The Hall–Kier alpha value is -2.67. The van der Waals surface area contributed by atoms with Gasteiger partial charge in [0.15, 0.2) is 5.78 Å². The number of fused-ring (bicyclic) bond motifs is 1. The molecule has 0 amide bonds. The Balaban J connectivity index is 1.85. The molecule has 1 aliphatic rings. The molecule has 1 aromatic heterocycles. The summed E-state index contributed by atoms with van der Waals surface area (Å²) in [4.78, 5) is 15.9. The first-order valence-corrected chi connectivity index (χ1v) is 6.91. The maximum absolute atomic E-state index is 11.9. The van der Waals surface area contributed by atoms with Crippen LogP contribution in [0.2, 0.25) is 0 Å².